The molecule has 2 aromatic carbocycles. The lowest BCUT2D eigenvalue weighted by Crippen LogP contribution is -2.52. The first-order valence-corrected chi connectivity index (χ1v) is 10.8. The number of hydrogen-bond donors (Lipinski definition) is 1. The van der Waals surface area contributed by atoms with Crippen LogP contribution in [0.2, 0.25) is 0 Å². The molecule has 1 heterocycles. The zero-order valence-corrected chi connectivity index (χ0v) is 19.4. The fourth-order valence-electron chi connectivity index (χ4n) is 3.30. The summed E-state index contributed by atoms with van der Waals surface area (Å²) >= 11 is 0. The van der Waals surface area contributed by atoms with Gasteiger partial charge in [0.25, 0.3) is 5.91 Å². The number of halogens is 3. The van der Waals surface area contributed by atoms with Gasteiger partial charge in [-0.25, -0.2) is 9.78 Å². The van der Waals surface area contributed by atoms with Crippen molar-refractivity contribution in [3.05, 3.63) is 65.9 Å². The minimum Gasteiger partial charge on any atom is -0.487 e. The molecular weight excluding hydrogens is 465 g/mol. The number of nitrogens with one attached hydrogen (secondary N) is 1. The van der Waals surface area contributed by atoms with Crippen molar-refractivity contribution in [2.75, 3.05) is 13.7 Å². The van der Waals surface area contributed by atoms with Crippen LogP contribution in [0.4, 0.5) is 13.2 Å². The number of benzene rings is 2. The van der Waals surface area contributed by atoms with E-state index in [9.17, 15) is 22.8 Å². The largest absolute Gasteiger partial charge is 0.487 e. The fraction of sp³-hybridized carbons (Fsp3) is 0.320. The van der Waals surface area contributed by atoms with E-state index >= 15 is 0 Å². The molecule has 0 radical (unpaired) electrons. The third kappa shape index (κ3) is 6.40. The zero-order valence-electron chi connectivity index (χ0n) is 19.4. The number of fused-ring (bicyclic) bond motifs is 1. The van der Waals surface area contributed by atoms with Gasteiger partial charge in [0.15, 0.2) is 6.61 Å². The van der Waals surface area contributed by atoms with Crippen LogP contribution in [0.5, 0.6) is 11.6 Å². The van der Waals surface area contributed by atoms with Crippen LogP contribution in [-0.2, 0) is 16.1 Å². The number of nitrogens with zero attached hydrogens (tertiary/aromatic N) is 1. The minimum atomic E-state index is -4.46. The highest BCUT2D eigenvalue weighted by Gasteiger charge is 2.35. The molecule has 10 heteroatoms. The van der Waals surface area contributed by atoms with E-state index < -0.39 is 30.2 Å². The Bertz CT molecular complexity index is 1200. The van der Waals surface area contributed by atoms with Crippen LogP contribution >= 0.6 is 0 Å². The number of carbonyl (C=O) groups is 2. The molecule has 1 atom stereocenters. The summed E-state index contributed by atoms with van der Waals surface area (Å²) in [4.78, 5) is 29.3. The van der Waals surface area contributed by atoms with Crippen molar-refractivity contribution in [3.8, 4) is 11.6 Å². The summed E-state index contributed by atoms with van der Waals surface area (Å²) in [5, 5.41) is 4.24. The molecule has 0 aliphatic heterocycles. The van der Waals surface area contributed by atoms with Crippen LogP contribution in [0.15, 0.2) is 54.7 Å². The molecule has 1 unspecified atom stereocenters. The number of amides is 1. The van der Waals surface area contributed by atoms with Gasteiger partial charge in [-0.3, -0.25) is 4.79 Å². The molecule has 3 rings (SSSR count). The lowest BCUT2D eigenvalue weighted by molar-refractivity contribution is -0.154. The van der Waals surface area contributed by atoms with E-state index in [1.165, 1.54) is 25.4 Å². The van der Waals surface area contributed by atoms with E-state index in [0.717, 1.165) is 5.39 Å². The van der Waals surface area contributed by atoms with Gasteiger partial charge in [0.05, 0.1) is 12.7 Å². The third-order valence-corrected chi connectivity index (χ3v) is 5.42. The topological polar surface area (TPSA) is 86.8 Å². The van der Waals surface area contributed by atoms with Crippen molar-refractivity contribution < 1.29 is 37.0 Å². The Balaban J connectivity index is 1.85. The number of aromatic nitrogens is 1. The Morgan fingerprint density at radius 2 is 1.77 bits per heavy atom. The van der Waals surface area contributed by atoms with Gasteiger partial charge >= 0.3 is 12.1 Å². The summed E-state index contributed by atoms with van der Waals surface area (Å²) in [5.41, 5.74) is -0.466. The van der Waals surface area contributed by atoms with Crippen molar-refractivity contribution in [1.82, 2.24) is 10.3 Å². The molecule has 0 saturated heterocycles. The van der Waals surface area contributed by atoms with E-state index in [1.54, 1.807) is 38.1 Å². The zero-order chi connectivity index (χ0) is 25.6. The van der Waals surface area contributed by atoms with Crippen molar-refractivity contribution in [1.29, 1.82) is 0 Å². The van der Waals surface area contributed by atoms with Crippen LogP contribution in [0, 0.1) is 0 Å². The van der Waals surface area contributed by atoms with Gasteiger partial charge in [-0.15, -0.1) is 0 Å². The lowest BCUT2D eigenvalue weighted by Gasteiger charge is -2.27. The monoisotopic (exact) mass is 490 g/mol. The fourth-order valence-corrected chi connectivity index (χ4v) is 3.30. The summed E-state index contributed by atoms with van der Waals surface area (Å²) in [6.07, 6.45) is -2.82. The SMILES string of the molecule is CCC(C)(NC(=O)c1ccc2ccccc2c1OCc1ccc(OCC(F)(F)F)nc1)C(=O)OC. The maximum Gasteiger partial charge on any atom is 0.422 e. The molecule has 186 valence electrons. The van der Waals surface area contributed by atoms with Gasteiger partial charge < -0.3 is 19.5 Å². The number of hydrogen-bond acceptors (Lipinski definition) is 6. The summed E-state index contributed by atoms with van der Waals surface area (Å²) in [6, 6.07) is 13.5. The highest BCUT2D eigenvalue weighted by Crippen LogP contribution is 2.31. The average Bonchev–Trinajstić information content (AvgIpc) is 2.85. The summed E-state index contributed by atoms with van der Waals surface area (Å²) in [7, 11) is 1.25. The number of rotatable bonds is 9. The Hall–Kier alpha value is -3.82. The number of esters is 1. The van der Waals surface area contributed by atoms with Gasteiger partial charge in [-0.1, -0.05) is 37.3 Å². The first-order valence-electron chi connectivity index (χ1n) is 10.8. The van der Waals surface area contributed by atoms with Gasteiger partial charge in [-0.2, -0.15) is 13.2 Å². The number of alkyl halides is 3. The summed E-state index contributed by atoms with van der Waals surface area (Å²) in [5.74, 6) is -0.968. The van der Waals surface area contributed by atoms with E-state index in [2.05, 4.69) is 15.0 Å². The van der Waals surface area contributed by atoms with E-state index in [-0.39, 0.29) is 18.1 Å². The van der Waals surface area contributed by atoms with E-state index in [1.807, 2.05) is 12.1 Å². The quantitative estimate of drug-likeness (QED) is 0.433. The second-order valence-electron chi connectivity index (χ2n) is 7.99. The molecule has 35 heavy (non-hydrogen) atoms. The predicted octanol–water partition coefficient (Wildman–Crippen LogP) is 4.83. The number of pyridine rings is 1. The highest BCUT2D eigenvalue weighted by molar-refractivity contribution is 6.05. The molecular formula is C25H25F3N2O5. The Labute approximate surface area is 200 Å². The van der Waals surface area contributed by atoms with Crippen molar-refractivity contribution in [3.63, 3.8) is 0 Å². The highest BCUT2D eigenvalue weighted by atomic mass is 19.4. The molecule has 1 N–H and O–H groups in total. The Kier molecular flexibility index (Phi) is 7.83. The number of ether oxygens (including phenoxy) is 3. The van der Waals surface area contributed by atoms with Gasteiger partial charge in [-0.05, 0) is 30.9 Å². The predicted molar refractivity (Wildman–Crippen MR) is 122 cm³/mol. The lowest BCUT2D eigenvalue weighted by atomic mass is 9.97. The van der Waals surface area contributed by atoms with Gasteiger partial charge in [0.2, 0.25) is 5.88 Å². The van der Waals surface area contributed by atoms with Crippen LogP contribution in [0.3, 0.4) is 0 Å². The molecule has 1 amide bonds. The second kappa shape index (κ2) is 10.6. The van der Waals surface area contributed by atoms with E-state index in [4.69, 9.17) is 9.47 Å². The molecule has 1 aromatic heterocycles. The van der Waals surface area contributed by atoms with Gasteiger partial charge in [0.1, 0.15) is 17.9 Å². The van der Waals surface area contributed by atoms with Crippen molar-refractivity contribution >= 4 is 22.6 Å². The van der Waals surface area contributed by atoms with E-state index in [0.29, 0.717) is 23.1 Å². The smallest absolute Gasteiger partial charge is 0.422 e. The Morgan fingerprint density at radius 3 is 2.40 bits per heavy atom. The molecule has 0 spiro atoms. The average molecular weight is 490 g/mol. The normalized spacial score (nSPS) is 13.1. The Morgan fingerprint density at radius 1 is 1.03 bits per heavy atom. The second-order valence-corrected chi connectivity index (χ2v) is 7.99. The maximum absolute atomic E-state index is 13.2. The third-order valence-electron chi connectivity index (χ3n) is 5.42. The van der Waals surface area contributed by atoms with Crippen LogP contribution in [-0.4, -0.2) is 42.3 Å². The molecule has 0 aliphatic rings. The first-order chi connectivity index (χ1) is 16.6. The molecule has 0 fully saturated rings. The standard InChI is InChI=1S/C25H25F3N2O5/c1-4-24(2,23(32)33-3)30-22(31)19-11-10-17-7-5-6-8-18(17)21(19)34-14-16-9-12-20(29-13-16)35-15-25(26,27)28/h5-13H,4,14-15H2,1-3H3,(H,30,31). The summed E-state index contributed by atoms with van der Waals surface area (Å²) in [6.45, 7) is 1.88. The van der Waals surface area contributed by atoms with Crippen LogP contribution in [0.25, 0.3) is 10.8 Å². The molecule has 0 bridgehead atoms. The summed E-state index contributed by atoms with van der Waals surface area (Å²) < 4.78 is 52.4. The molecule has 3 aromatic rings. The number of carbonyl (C=O) groups excluding carboxylic acids is 2. The van der Waals surface area contributed by atoms with Crippen LogP contribution in [0.1, 0.15) is 36.2 Å². The van der Waals surface area contributed by atoms with Gasteiger partial charge in [0, 0.05) is 23.2 Å². The molecule has 0 aliphatic carbocycles. The van der Waals surface area contributed by atoms with Crippen LogP contribution < -0.4 is 14.8 Å². The molecule has 7 nitrogen and oxygen atoms in total. The van der Waals surface area contributed by atoms with Crippen molar-refractivity contribution in [2.45, 2.75) is 38.6 Å². The van der Waals surface area contributed by atoms with Crippen molar-refractivity contribution in [2.24, 2.45) is 0 Å². The number of methoxy groups -OCH3 is 1. The minimum absolute atomic E-state index is 0.0110. The molecule has 0 saturated carbocycles. The first kappa shape index (κ1) is 25.8. The maximum atomic E-state index is 13.2.